The standard InChI is InChI=1S/C9H8F3NO3/c1-15-7-5(8(14)16-2)3-13-4-6(7)9(10,11)12/h3-4H,1-2H3. The number of rotatable bonds is 2. The maximum atomic E-state index is 12.5. The van der Waals surface area contributed by atoms with Gasteiger partial charge in [-0.25, -0.2) is 4.79 Å². The summed E-state index contributed by atoms with van der Waals surface area (Å²) in [6.07, 6.45) is -3.09. The Labute approximate surface area is 89.0 Å². The van der Waals surface area contributed by atoms with Crippen molar-refractivity contribution < 1.29 is 27.4 Å². The molecule has 0 unspecified atom stereocenters. The summed E-state index contributed by atoms with van der Waals surface area (Å²) in [4.78, 5) is 14.5. The van der Waals surface area contributed by atoms with Crippen LogP contribution in [0.5, 0.6) is 5.75 Å². The highest BCUT2D eigenvalue weighted by atomic mass is 19.4. The third-order valence-corrected chi connectivity index (χ3v) is 1.81. The van der Waals surface area contributed by atoms with Crippen molar-refractivity contribution in [2.75, 3.05) is 14.2 Å². The molecule has 0 aliphatic carbocycles. The quantitative estimate of drug-likeness (QED) is 0.734. The Balaban J connectivity index is 3.38. The van der Waals surface area contributed by atoms with Crippen LogP contribution in [0, 0.1) is 0 Å². The first-order chi connectivity index (χ1) is 7.41. The van der Waals surface area contributed by atoms with E-state index in [2.05, 4.69) is 14.5 Å². The number of carbonyl (C=O) groups is 1. The molecule has 16 heavy (non-hydrogen) atoms. The molecule has 0 amide bonds. The molecule has 0 radical (unpaired) electrons. The van der Waals surface area contributed by atoms with Gasteiger partial charge in [0.2, 0.25) is 0 Å². The van der Waals surface area contributed by atoms with Crippen molar-refractivity contribution in [3.8, 4) is 5.75 Å². The monoisotopic (exact) mass is 235 g/mol. The largest absolute Gasteiger partial charge is 0.495 e. The van der Waals surface area contributed by atoms with Gasteiger partial charge in [0.1, 0.15) is 16.9 Å². The first kappa shape index (κ1) is 12.3. The van der Waals surface area contributed by atoms with Gasteiger partial charge in [0, 0.05) is 12.4 Å². The van der Waals surface area contributed by atoms with E-state index in [9.17, 15) is 18.0 Å². The molecule has 0 fully saturated rings. The van der Waals surface area contributed by atoms with E-state index in [1.54, 1.807) is 0 Å². The van der Waals surface area contributed by atoms with Gasteiger partial charge in [0.15, 0.2) is 0 Å². The van der Waals surface area contributed by atoms with Crippen molar-refractivity contribution in [3.63, 3.8) is 0 Å². The Hall–Kier alpha value is -1.79. The lowest BCUT2D eigenvalue weighted by atomic mass is 10.1. The number of methoxy groups -OCH3 is 2. The second-order valence-corrected chi connectivity index (χ2v) is 2.76. The number of alkyl halides is 3. The van der Waals surface area contributed by atoms with Gasteiger partial charge >= 0.3 is 12.1 Å². The highest BCUT2D eigenvalue weighted by Crippen LogP contribution is 2.37. The van der Waals surface area contributed by atoms with Crippen LogP contribution in [0.25, 0.3) is 0 Å². The van der Waals surface area contributed by atoms with E-state index < -0.39 is 23.5 Å². The minimum Gasteiger partial charge on any atom is -0.495 e. The van der Waals surface area contributed by atoms with Gasteiger partial charge in [-0.15, -0.1) is 0 Å². The summed E-state index contributed by atoms with van der Waals surface area (Å²) >= 11 is 0. The van der Waals surface area contributed by atoms with Crippen LogP contribution in [-0.4, -0.2) is 25.2 Å². The van der Waals surface area contributed by atoms with Gasteiger partial charge in [-0.3, -0.25) is 4.98 Å². The van der Waals surface area contributed by atoms with Gasteiger partial charge in [-0.05, 0) is 0 Å². The van der Waals surface area contributed by atoms with Gasteiger partial charge in [-0.1, -0.05) is 0 Å². The molecular formula is C9H8F3NO3. The summed E-state index contributed by atoms with van der Waals surface area (Å²) in [5.74, 6) is -1.52. The van der Waals surface area contributed by atoms with Gasteiger partial charge in [0.25, 0.3) is 0 Å². The Morgan fingerprint density at radius 3 is 2.38 bits per heavy atom. The fourth-order valence-corrected chi connectivity index (χ4v) is 1.13. The first-order valence-corrected chi connectivity index (χ1v) is 4.09. The smallest absolute Gasteiger partial charge is 0.421 e. The summed E-state index contributed by atoms with van der Waals surface area (Å²) < 4.78 is 46.4. The molecule has 0 aliphatic heterocycles. The highest BCUT2D eigenvalue weighted by molar-refractivity contribution is 5.92. The molecule has 0 N–H and O–H groups in total. The van der Waals surface area contributed by atoms with E-state index >= 15 is 0 Å². The molecule has 1 aromatic heterocycles. The third-order valence-electron chi connectivity index (χ3n) is 1.81. The van der Waals surface area contributed by atoms with Gasteiger partial charge < -0.3 is 9.47 Å². The molecule has 1 heterocycles. The van der Waals surface area contributed by atoms with Gasteiger partial charge in [-0.2, -0.15) is 13.2 Å². The maximum Gasteiger partial charge on any atom is 0.421 e. The van der Waals surface area contributed by atoms with E-state index in [0.29, 0.717) is 6.20 Å². The predicted octanol–water partition coefficient (Wildman–Crippen LogP) is 1.90. The van der Waals surface area contributed by atoms with Gasteiger partial charge in [0.05, 0.1) is 14.2 Å². The minimum absolute atomic E-state index is 0.361. The topological polar surface area (TPSA) is 48.4 Å². The Morgan fingerprint density at radius 2 is 1.94 bits per heavy atom. The van der Waals surface area contributed by atoms with Crippen LogP contribution < -0.4 is 4.74 Å². The van der Waals surface area contributed by atoms with Crippen molar-refractivity contribution in [1.82, 2.24) is 4.98 Å². The zero-order valence-corrected chi connectivity index (χ0v) is 8.46. The lowest BCUT2D eigenvalue weighted by Crippen LogP contribution is -2.13. The molecule has 0 aromatic carbocycles. The van der Waals surface area contributed by atoms with Crippen molar-refractivity contribution in [2.45, 2.75) is 6.18 Å². The van der Waals surface area contributed by atoms with E-state index in [1.807, 2.05) is 0 Å². The number of nitrogens with zero attached hydrogens (tertiary/aromatic N) is 1. The summed E-state index contributed by atoms with van der Waals surface area (Å²) in [7, 11) is 2.10. The summed E-state index contributed by atoms with van der Waals surface area (Å²) in [5.41, 5.74) is -1.47. The number of hydrogen-bond donors (Lipinski definition) is 0. The molecule has 0 spiro atoms. The average Bonchev–Trinajstić information content (AvgIpc) is 2.25. The average molecular weight is 235 g/mol. The molecule has 0 saturated heterocycles. The lowest BCUT2D eigenvalue weighted by molar-refractivity contribution is -0.139. The fourth-order valence-electron chi connectivity index (χ4n) is 1.13. The normalized spacial score (nSPS) is 11.1. The van der Waals surface area contributed by atoms with Crippen LogP contribution in [0.2, 0.25) is 0 Å². The predicted molar refractivity (Wildman–Crippen MR) is 47.1 cm³/mol. The Morgan fingerprint density at radius 1 is 1.31 bits per heavy atom. The Bertz CT molecular complexity index is 403. The SMILES string of the molecule is COC(=O)c1cncc(C(F)(F)F)c1OC. The highest BCUT2D eigenvalue weighted by Gasteiger charge is 2.37. The number of carbonyl (C=O) groups excluding carboxylic acids is 1. The van der Waals surface area contributed by atoms with Crippen LogP contribution in [-0.2, 0) is 10.9 Å². The van der Waals surface area contributed by atoms with Crippen LogP contribution in [0.4, 0.5) is 13.2 Å². The summed E-state index contributed by atoms with van der Waals surface area (Å²) in [6, 6.07) is 0. The molecule has 1 rings (SSSR count). The van der Waals surface area contributed by atoms with Crippen molar-refractivity contribution in [2.24, 2.45) is 0 Å². The van der Waals surface area contributed by atoms with E-state index in [0.717, 1.165) is 20.4 Å². The van der Waals surface area contributed by atoms with Crippen LogP contribution >= 0.6 is 0 Å². The number of hydrogen-bond acceptors (Lipinski definition) is 4. The summed E-state index contributed by atoms with van der Waals surface area (Å²) in [5, 5.41) is 0. The third kappa shape index (κ3) is 2.23. The Kier molecular flexibility index (Phi) is 3.36. The van der Waals surface area contributed by atoms with E-state index in [1.165, 1.54) is 0 Å². The molecule has 0 bridgehead atoms. The zero-order valence-electron chi connectivity index (χ0n) is 8.46. The lowest BCUT2D eigenvalue weighted by Gasteiger charge is -2.13. The zero-order chi connectivity index (χ0) is 12.3. The molecule has 7 heteroatoms. The second kappa shape index (κ2) is 4.38. The molecule has 4 nitrogen and oxygen atoms in total. The van der Waals surface area contributed by atoms with Crippen molar-refractivity contribution in [1.29, 1.82) is 0 Å². The van der Waals surface area contributed by atoms with Crippen LogP contribution in [0.1, 0.15) is 15.9 Å². The number of pyridine rings is 1. The molecule has 0 atom stereocenters. The molecular weight excluding hydrogens is 227 g/mol. The van der Waals surface area contributed by atoms with Crippen LogP contribution in [0.15, 0.2) is 12.4 Å². The van der Waals surface area contributed by atoms with Crippen molar-refractivity contribution >= 4 is 5.97 Å². The molecule has 1 aromatic rings. The fraction of sp³-hybridized carbons (Fsp3) is 0.333. The van der Waals surface area contributed by atoms with Crippen molar-refractivity contribution in [3.05, 3.63) is 23.5 Å². The number of ether oxygens (including phenoxy) is 2. The summed E-state index contributed by atoms with van der Waals surface area (Å²) in [6.45, 7) is 0. The van der Waals surface area contributed by atoms with E-state index in [4.69, 9.17) is 0 Å². The maximum absolute atomic E-state index is 12.5. The number of halogens is 3. The van der Waals surface area contributed by atoms with E-state index in [-0.39, 0.29) is 5.56 Å². The number of aromatic nitrogens is 1. The molecule has 88 valence electrons. The minimum atomic E-state index is -4.64. The molecule has 0 aliphatic rings. The second-order valence-electron chi connectivity index (χ2n) is 2.76. The number of esters is 1. The molecule has 0 saturated carbocycles. The van der Waals surface area contributed by atoms with Crippen LogP contribution in [0.3, 0.4) is 0 Å². The first-order valence-electron chi connectivity index (χ1n) is 4.09.